The largest absolute Gasteiger partial charge is 0.481 e. The van der Waals surface area contributed by atoms with Gasteiger partial charge in [-0.3, -0.25) is 9.59 Å². The van der Waals surface area contributed by atoms with Crippen LogP contribution in [0.1, 0.15) is 36.5 Å². The number of amides is 1. The maximum absolute atomic E-state index is 13.0. The predicted molar refractivity (Wildman–Crippen MR) is 101 cm³/mol. The molecule has 5 nitrogen and oxygen atoms in total. The number of hydrogen-bond donors (Lipinski definition) is 1. The average Bonchev–Trinajstić information content (AvgIpc) is 3.25. The standard InChI is InChI=1S/C20H23FN2O3S/c1-13(2)20(19(25)26)7-8-23(12-20)18(24)10-16-11-27-17(22-16)9-14-3-5-15(21)6-4-14/h3-6,11,13H,7-10,12H2,1-2H3,(H,25,26). The van der Waals surface area contributed by atoms with Crippen molar-refractivity contribution in [3.05, 3.63) is 51.7 Å². The van der Waals surface area contributed by atoms with Gasteiger partial charge in [-0.1, -0.05) is 26.0 Å². The van der Waals surface area contributed by atoms with Crippen molar-refractivity contribution in [3.63, 3.8) is 0 Å². The number of halogens is 1. The maximum atomic E-state index is 13.0. The van der Waals surface area contributed by atoms with E-state index in [0.717, 1.165) is 10.6 Å². The lowest BCUT2D eigenvalue weighted by atomic mass is 9.76. The van der Waals surface area contributed by atoms with Crippen LogP contribution in [0.15, 0.2) is 29.6 Å². The third-order valence-electron chi connectivity index (χ3n) is 5.38. The molecule has 0 radical (unpaired) electrons. The molecule has 2 heterocycles. The van der Waals surface area contributed by atoms with Gasteiger partial charge in [0.05, 0.1) is 22.5 Å². The van der Waals surface area contributed by atoms with Crippen molar-refractivity contribution in [2.45, 2.75) is 33.1 Å². The van der Waals surface area contributed by atoms with Crippen molar-refractivity contribution in [1.29, 1.82) is 0 Å². The van der Waals surface area contributed by atoms with Crippen molar-refractivity contribution in [3.8, 4) is 0 Å². The number of benzene rings is 1. The number of carbonyl (C=O) groups is 2. The van der Waals surface area contributed by atoms with Gasteiger partial charge in [0, 0.05) is 24.9 Å². The molecule has 1 aromatic heterocycles. The van der Waals surface area contributed by atoms with E-state index in [9.17, 15) is 19.1 Å². The Morgan fingerprint density at radius 1 is 1.33 bits per heavy atom. The SMILES string of the molecule is CC(C)C1(C(=O)O)CCN(C(=O)Cc2csc(Cc3ccc(F)cc3)n2)C1. The molecule has 1 amide bonds. The zero-order valence-electron chi connectivity index (χ0n) is 15.4. The first-order valence-corrected chi connectivity index (χ1v) is 9.87. The lowest BCUT2D eigenvalue weighted by Crippen LogP contribution is -2.41. The van der Waals surface area contributed by atoms with Crippen LogP contribution in [0.4, 0.5) is 4.39 Å². The first kappa shape index (κ1) is 19.5. The molecule has 3 rings (SSSR count). The number of rotatable bonds is 6. The molecule has 1 saturated heterocycles. The molecule has 1 aromatic carbocycles. The Kier molecular flexibility index (Phi) is 5.60. The molecule has 1 aliphatic rings. The van der Waals surface area contributed by atoms with E-state index in [1.165, 1.54) is 23.5 Å². The van der Waals surface area contributed by atoms with Gasteiger partial charge in [0.1, 0.15) is 5.82 Å². The van der Waals surface area contributed by atoms with Gasteiger partial charge in [-0.2, -0.15) is 0 Å². The first-order valence-electron chi connectivity index (χ1n) is 8.99. The Morgan fingerprint density at radius 3 is 2.63 bits per heavy atom. The Balaban J connectivity index is 1.61. The van der Waals surface area contributed by atoms with E-state index in [2.05, 4.69) is 4.98 Å². The zero-order chi connectivity index (χ0) is 19.6. The maximum Gasteiger partial charge on any atom is 0.311 e. The minimum Gasteiger partial charge on any atom is -0.481 e. The van der Waals surface area contributed by atoms with Crippen molar-refractivity contribution in [2.24, 2.45) is 11.3 Å². The Hall–Kier alpha value is -2.28. The van der Waals surface area contributed by atoms with E-state index in [1.807, 2.05) is 19.2 Å². The van der Waals surface area contributed by atoms with Gasteiger partial charge in [-0.05, 0) is 30.0 Å². The number of likely N-dealkylation sites (tertiary alicyclic amines) is 1. The summed E-state index contributed by atoms with van der Waals surface area (Å²) in [5.41, 5.74) is 0.802. The van der Waals surface area contributed by atoms with E-state index >= 15 is 0 Å². The monoisotopic (exact) mass is 390 g/mol. The quantitative estimate of drug-likeness (QED) is 0.821. The van der Waals surface area contributed by atoms with Crippen molar-refractivity contribution >= 4 is 23.2 Å². The molecule has 1 atom stereocenters. The summed E-state index contributed by atoms with van der Waals surface area (Å²) in [6.07, 6.45) is 1.25. The molecule has 27 heavy (non-hydrogen) atoms. The van der Waals surface area contributed by atoms with Gasteiger partial charge in [-0.25, -0.2) is 9.37 Å². The van der Waals surface area contributed by atoms with Gasteiger partial charge in [-0.15, -0.1) is 11.3 Å². The highest BCUT2D eigenvalue weighted by atomic mass is 32.1. The molecule has 0 saturated carbocycles. The molecule has 0 spiro atoms. The molecule has 0 bridgehead atoms. The van der Waals surface area contributed by atoms with E-state index < -0.39 is 11.4 Å². The molecule has 1 N–H and O–H groups in total. The third kappa shape index (κ3) is 4.18. The van der Waals surface area contributed by atoms with Crippen LogP contribution < -0.4 is 0 Å². The fourth-order valence-corrected chi connectivity index (χ4v) is 4.32. The van der Waals surface area contributed by atoms with Crippen LogP contribution in [0.2, 0.25) is 0 Å². The van der Waals surface area contributed by atoms with Crippen LogP contribution in [-0.4, -0.2) is 40.0 Å². The Bertz CT molecular complexity index is 834. The smallest absolute Gasteiger partial charge is 0.311 e. The molecule has 1 fully saturated rings. The number of nitrogens with zero attached hydrogens (tertiary/aromatic N) is 2. The van der Waals surface area contributed by atoms with Crippen LogP contribution in [0.25, 0.3) is 0 Å². The minimum absolute atomic E-state index is 0.0330. The molecule has 7 heteroatoms. The van der Waals surface area contributed by atoms with Gasteiger partial charge in [0.25, 0.3) is 0 Å². The highest BCUT2D eigenvalue weighted by Gasteiger charge is 2.48. The number of aliphatic carboxylic acids is 1. The lowest BCUT2D eigenvalue weighted by Gasteiger charge is -2.28. The second kappa shape index (κ2) is 7.76. The van der Waals surface area contributed by atoms with E-state index in [0.29, 0.717) is 25.1 Å². The Morgan fingerprint density at radius 2 is 2.04 bits per heavy atom. The number of carbonyl (C=O) groups excluding carboxylic acids is 1. The fourth-order valence-electron chi connectivity index (χ4n) is 3.49. The van der Waals surface area contributed by atoms with E-state index in [-0.39, 0.29) is 30.6 Å². The molecule has 2 aromatic rings. The molecule has 1 aliphatic heterocycles. The van der Waals surface area contributed by atoms with Crippen molar-refractivity contribution < 1.29 is 19.1 Å². The number of carboxylic acid groups (broad SMARTS) is 1. The fraction of sp³-hybridized carbons (Fsp3) is 0.450. The summed E-state index contributed by atoms with van der Waals surface area (Å²) in [6.45, 7) is 4.51. The average molecular weight is 390 g/mol. The predicted octanol–water partition coefficient (Wildman–Crippen LogP) is 3.37. The van der Waals surface area contributed by atoms with E-state index in [4.69, 9.17) is 0 Å². The summed E-state index contributed by atoms with van der Waals surface area (Å²) >= 11 is 1.47. The summed E-state index contributed by atoms with van der Waals surface area (Å²) in [4.78, 5) is 30.5. The van der Waals surface area contributed by atoms with Gasteiger partial charge in [0.2, 0.25) is 5.91 Å². The minimum atomic E-state index is -0.856. The normalized spacial score (nSPS) is 19.6. The third-order valence-corrected chi connectivity index (χ3v) is 6.28. The van der Waals surface area contributed by atoms with Crippen LogP contribution in [0.3, 0.4) is 0 Å². The number of thiazole rings is 1. The van der Waals surface area contributed by atoms with Crippen molar-refractivity contribution in [1.82, 2.24) is 9.88 Å². The van der Waals surface area contributed by atoms with Gasteiger partial charge in [0.15, 0.2) is 0 Å². The van der Waals surface area contributed by atoms with Crippen LogP contribution in [0, 0.1) is 17.2 Å². The van der Waals surface area contributed by atoms with Crippen molar-refractivity contribution in [2.75, 3.05) is 13.1 Å². The lowest BCUT2D eigenvalue weighted by molar-refractivity contribution is -0.151. The number of aromatic nitrogens is 1. The molecular formula is C20H23FN2O3S. The van der Waals surface area contributed by atoms with Crippen LogP contribution in [-0.2, 0) is 22.4 Å². The number of hydrogen-bond acceptors (Lipinski definition) is 4. The van der Waals surface area contributed by atoms with Crippen LogP contribution >= 0.6 is 11.3 Å². The topological polar surface area (TPSA) is 70.5 Å². The summed E-state index contributed by atoms with van der Waals surface area (Å²) < 4.78 is 13.0. The first-order chi connectivity index (χ1) is 12.8. The highest BCUT2D eigenvalue weighted by Crippen LogP contribution is 2.38. The van der Waals surface area contributed by atoms with Crippen LogP contribution in [0.5, 0.6) is 0 Å². The summed E-state index contributed by atoms with van der Waals surface area (Å²) in [7, 11) is 0. The van der Waals surface area contributed by atoms with Gasteiger partial charge < -0.3 is 10.0 Å². The summed E-state index contributed by atoms with van der Waals surface area (Å²) in [6, 6.07) is 6.29. The molecule has 0 aliphatic carbocycles. The summed E-state index contributed by atoms with van der Waals surface area (Å²) in [5, 5.41) is 12.3. The second-order valence-electron chi connectivity index (χ2n) is 7.39. The van der Waals surface area contributed by atoms with E-state index in [1.54, 1.807) is 17.0 Å². The summed E-state index contributed by atoms with van der Waals surface area (Å²) in [5.74, 6) is -1.22. The molecular weight excluding hydrogens is 367 g/mol. The molecule has 144 valence electrons. The molecule has 1 unspecified atom stereocenters. The Labute approximate surface area is 161 Å². The number of carboxylic acids is 1. The van der Waals surface area contributed by atoms with Gasteiger partial charge >= 0.3 is 5.97 Å². The highest BCUT2D eigenvalue weighted by molar-refractivity contribution is 7.09. The second-order valence-corrected chi connectivity index (χ2v) is 8.34. The zero-order valence-corrected chi connectivity index (χ0v) is 16.3.